The Labute approximate surface area is 103 Å². The van der Waals surface area contributed by atoms with E-state index < -0.39 is 0 Å². The summed E-state index contributed by atoms with van der Waals surface area (Å²) in [6, 6.07) is 6.21. The van der Waals surface area contributed by atoms with Gasteiger partial charge in [0.2, 0.25) is 0 Å². The minimum atomic E-state index is 0.233. The molecule has 1 aromatic carbocycles. The number of aryl methyl sites for hydroxylation is 2. The third kappa shape index (κ3) is 2.95. The van der Waals surface area contributed by atoms with Gasteiger partial charge < -0.3 is 5.73 Å². The van der Waals surface area contributed by atoms with Crippen LogP contribution >= 0.6 is 0 Å². The topological polar surface area (TPSA) is 43.1 Å². The molecule has 1 aromatic rings. The van der Waals surface area contributed by atoms with Gasteiger partial charge in [-0.1, -0.05) is 19.1 Å². The molecule has 2 nitrogen and oxygen atoms in total. The minimum Gasteiger partial charge on any atom is -0.330 e. The summed E-state index contributed by atoms with van der Waals surface area (Å²) in [5.41, 5.74) is 9.23. The second-order valence-corrected chi connectivity index (χ2v) is 5.16. The van der Waals surface area contributed by atoms with Crippen LogP contribution in [0.1, 0.15) is 47.7 Å². The average Bonchev–Trinajstić information content (AvgIpc) is 2.38. The lowest BCUT2D eigenvalue weighted by molar-refractivity contribution is 0.0965. The smallest absolute Gasteiger partial charge is 0.163 e. The number of nitrogens with two attached hydrogens (primary N) is 1. The van der Waals surface area contributed by atoms with E-state index in [2.05, 4.69) is 12.1 Å². The van der Waals surface area contributed by atoms with E-state index in [1.165, 1.54) is 30.4 Å². The number of ketones is 1. The van der Waals surface area contributed by atoms with Gasteiger partial charge in [-0.25, -0.2) is 0 Å². The highest BCUT2D eigenvalue weighted by Gasteiger charge is 2.14. The summed E-state index contributed by atoms with van der Waals surface area (Å²) in [7, 11) is 0. The van der Waals surface area contributed by atoms with Crippen molar-refractivity contribution in [2.45, 2.75) is 39.0 Å². The Morgan fingerprint density at radius 3 is 2.71 bits per heavy atom. The summed E-state index contributed by atoms with van der Waals surface area (Å²) >= 11 is 0. The molecule has 0 amide bonds. The molecular weight excluding hydrogens is 210 g/mol. The second kappa shape index (κ2) is 5.46. The zero-order valence-corrected chi connectivity index (χ0v) is 10.5. The Hall–Kier alpha value is -1.15. The number of carbonyl (C=O) groups is 1. The van der Waals surface area contributed by atoms with E-state index >= 15 is 0 Å². The average molecular weight is 231 g/mol. The van der Waals surface area contributed by atoms with Crippen molar-refractivity contribution in [2.75, 3.05) is 6.54 Å². The van der Waals surface area contributed by atoms with E-state index in [4.69, 9.17) is 5.73 Å². The Morgan fingerprint density at radius 2 is 2.00 bits per heavy atom. The predicted octanol–water partition coefficient (Wildman–Crippen LogP) is 2.73. The van der Waals surface area contributed by atoms with E-state index in [0.717, 1.165) is 12.0 Å². The van der Waals surface area contributed by atoms with Crippen LogP contribution in [0, 0.1) is 5.92 Å². The summed E-state index contributed by atoms with van der Waals surface area (Å²) < 4.78 is 0. The van der Waals surface area contributed by atoms with Crippen molar-refractivity contribution in [1.82, 2.24) is 0 Å². The SMILES string of the molecule is CC(CN)CC(=O)c1ccc2c(c1)CCCC2. The summed E-state index contributed by atoms with van der Waals surface area (Å²) in [4.78, 5) is 12.0. The lowest BCUT2D eigenvalue weighted by Gasteiger charge is -2.16. The number of benzene rings is 1. The molecule has 1 aliphatic rings. The van der Waals surface area contributed by atoms with Gasteiger partial charge in [-0.3, -0.25) is 4.79 Å². The third-order valence-corrected chi connectivity index (χ3v) is 3.61. The van der Waals surface area contributed by atoms with Gasteiger partial charge >= 0.3 is 0 Å². The molecule has 2 rings (SSSR count). The third-order valence-electron chi connectivity index (χ3n) is 3.61. The van der Waals surface area contributed by atoms with Crippen LogP contribution in [-0.4, -0.2) is 12.3 Å². The summed E-state index contributed by atoms with van der Waals surface area (Å²) in [6.45, 7) is 2.60. The normalized spacial score (nSPS) is 16.4. The van der Waals surface area contributed by atoms with Crippen molar-refractivity contribution in [3.8, 4) is 0 Å². The maximum Gasteiger partial charge on any atom is 0.163 e. The number of Topliss-reactive ketones (excluding diaryl/α,β-unsaturated/α-hetero) is 1. The molecule has 0 aliphatic heterocycles. The molecule has 1 atom stereocenters. The lowest BCUT2D eigenvalue weighted by Crippen LogP contribution is -2.15. The fourth-order valence-corrected chi connectivity index (χ4v) is 2.42. The fraction of sp³-hybridized carbons (Fsp3) is 0.533. The number of hydrogen-bond acceptors (Lipinski definition) is 2. The Bertz CT molecular complexity index is 411. The monoisotopic (exact) mass is 231 g/mol. The predicted molar refractivity (Wildman–Crippen MR) is 70.2 cm³/mol. The van der Waals surface area contributed by atoms with E-state index in [9.17, 15) is 4.79 Å². The number of hydrogen-bond donors (Lipinski definition) is 1. The van der Waals surface area contributed by atoms with Crippen LogP contribution in [-0.2, 0) is 12.8 Å². The highest BCUT2D eigenvalue weighted by atomic mass is 16.1. The number of fused-ring (bicyclic) bond motifs is 1. The van der Waals surface area contributed by atoms with Gasteiger partial charge in [0.05, 0.1) is 0 Å². The molecule has 1 aliphatic carbocycles. The molecule has 17 heavy (non-hydrogen) atoms. The van der Waals surface area contributed by atoms with Crippen LogP contribution in [0.4, 0.5) is 0 Å². The molecule has 0 radical (unpaired) electrons. The van der Waals surface area contributed by atoms with Crippen molar-refractivity contribution in [2.24, 2.45) is 11.7 Å². The van der Waals surface area contributed by atoms with Gasteiger partial charge in [-0.05, 0) is 55.3 Å². The summed E-state index contributed by atoms with van der Waals surface area (Å²) in [6.07, 6.45) is 5.40. The largest absolute Gasteiger partial charge is 0.330 e. The molecule has 1 unspecified atom stereocenters. The first kappa shape index (κ1) is 12.3. The van der Waals surface area contributed by atoms with Crippen LogP contribution in [0.5, 0.6) is 0 Å². The van der Waals surface area contributed by atoms with E-state index in [1.54, 1.807) is 0 Å². The maximum absolute atomic E-state index is 12.0. The van der Waals surface area contributed by atoms with Gasteiger partial charge in [-0.2, -0.15) is 0 Å². The van der Waals surface area contributed by atoms with Gasteiger partial charge in [0, 0.05) is 12.0 Å². The minimum absolute atomic E-state index is 0.233. The van der Waals surface area contributed by atoms with E-state index in [0.29, 0.717) is 13.0 Å². The molecule has 2 N–H and O–H groups in total. The van der Waals surface area contributed by atoms with Crippen molar-refractivity contribution >= 4 is 5.78 Å². The highest BCUT2D eigenvalue weighted by Crippen LogP contribution is 2.23. The zero-order valence-electron chi connectivity index (χ0n) is 10.5. The quantitative estimate of drug-likeness (QED) is 0.810. The molecule has 0 aromatic heterocycles. The van der Waals surface area contributed by atoms with Crippen LogP contribution < -0.4 is 5.73 Å². The molecule has 92 valence electrons. The van der Waals surface area contributed by atoms with Gasteiger partial charge in [0.25, 0.3) is 0 Å². The summed E-state index contributed by atoms with van der Waals surface area (Å²) in [5, 5.41) is 0. The van der Waals surface area contributed by atoms with Crippen molar-refractivity contribution in [3.05, 3.63) is 34.9 Å². The van der Waals surface area contributed by atoms with Crippen LogP contribution in [0.3, 0.4) is 0 Å². The standard InChI is InChI=1S/C15H21NO/c1-11(10-16)8-15(17)14-7-6-12-4-2-3-5-13(12)9-14/h6-7,9,11H,2-5,8,10,16H2,1H3. The van der Waals surface area contributed by atoms with Crippen molar-refractivity contribution in [1.29, 1.82) is 0 Å². The van der Waals surface area contributed by atoms with Crippen molar-refractivity contribution in [3.63, 3.8) is 0 Å². The summed E-state index contributed by atoms with van der Waals surface area (Å²) in [5.74, 6) is 0.509. The highest BCUT2D eigenvalue weighted by molar-refractivity contribution is 5.96. The molecule has 0 saturated heterocycles. The maximum atomic E-state index is 12.0. The van der Waals surface area contributed by atoms with Gasteiger partial charge in [-0.15, -0.1) is 0 Å². The first-order valence-electron chi connectivity index (χ1n) is 6.55. The Kier molecular flexibility index (Phi) is 3.95. The van der Waals surface area contributed by atoms with Crippen LogP contribution in [0.25, 0.3) is 0 Å². The first-order valence-corrected chi connectivity index (χ1v) is 6.55. The van der Waals surface area contributed by atoms with E-state index in [1.807, 2.05) is 13.0 Å². The first-order chi connectivity index (χ1) is 8.20. The van der Waals surface area contributed by atoms with Gasteiger partial charge in [0.1, 0.15) is 0 Å². The molecule has 0 spiro atoms. The molecule has 0 bridgehead atoms. The van der Waals surface area contributed by atoms with Crippen molar-refractivity contribution < 1.29 is 4.79 Å². The lowest BCUT2D eigenvalue weighted by atomic mass is 9.89. The van der Waals surface area contributed by atoms with E-state index in [-0.39, 0.29) is 11.7 Å². The number of carbonyl (C=O) groups excluding carboxylic acids is 1. The molecule has 2 heteroatoms. The molecule has 0 fully saturated rings. The molecule has 0 saturated carbocycles. The Morgan fingerprint density at radius 1 is 1.29 bits per heavy atom. The molecular formula is C15H21NO. The van der Waals surface area contributed by atoms with Crippen LogP contribution in [0.2, 0.25) is 0 Å². The second-order valence-electron chi connectivity index (χ2n) is 5.16. The Balaban J connectivity index is 2.13. The molecule has 0 heterocycles. The van der Waals surface area contributed by atoms with Crippen LogP contribution in [0.15, 0.2) is 18.2 Å². The van der Waals surface area contributed by atoms with Gasteiger partial charge in [0.15, 0.2) is 5.78 Å². The number of rotatable bonds is 4. The zero-order chi connectivity index (χ0) is 12.3. The fourth-order valence-electron chi connectivity index (χ4n) is 2.42.